The third kappa shape index (κ3) is 2.11. The lowest BCUT2D eigenvalue weighted by molar-refractivity contribution is -0.0432. The molecule has 3 heterocycles. The van der Waals surface area contributed by atoms with Crippen LogP contribution < -0.4 is 4.74 Å². The number of aromatic nitrogens is 4. The SMILES string of the molecule is CCOc1ncnc2c1ncn2[C@H]1CC(O)[C@@H](CO)O1. The van der Waals surface area contributed by atoms with Crippen LogP contribution in [0.2, 0.25) is 0 Å². The van der Waals surface area contributed by atoms with E-state index >= 15 is 0 Å². The van der Waals surface area contributed by atoms with Gasteiger partial charge in [-0.05, 0) is 6.92 Å². The van der Waals surface area contributed by atoms with Gasteiger partial charge in [0.25, 0.3) is 0 Å². The van der Waals surface area contributed by atoms with Gasteiger partial charge in [0.2, 0.25) is 5.88 Å². The molecule has 0 radical (unpaired) electrons. The van der Waals surface area contributed by atoms with Crippen molar-refractivity contribution in [1.82, 2.24) is 19.5 Å². The summed E-state index contributed by atoms with van der Waals surface area (Å²) in [4.78, 5) is 12.5. The van der Waals surface area contributed by atoms with Crippen molar-refractivity contribution >= 4 is 11.2 Å². The zero-order valence-electron chi connectivity index (χ0n) is 11.0. The molecule has 1 aliphatic rings. The van der Waals surface area contributed by atoms with Crippen LogP contribution in [0.25, 0.3) is 11.2 Å². The Hall–Kier alpha value is -1.77. The largest absolute Gasteiger partial charge is 0.476 e. The molecule has 0 spiro atoms. The van der Waals surface area contributed by atoms with Gasteiger partial charge in [0.1, 0.15) is 18.7 Å². The van der Waals surface area contributed by atoms with Crippen molar-refractivity contribution in [3.63, 3.8) is 0 Å². The summed E-state index contributed by atoms with van der Waals surface area (Å²) in [6, 6.07) is 0. The summed E-state index contributed by atoms with van der Waals surface area (Å²) >= 11 is 0. The summed E-state index contributed by atoms with van der Waals surface area (Å²) in [7, 11) is 0. The normalized spacial score (nSPS) is 26.2. The van der Waals surface area contributed by atoms with Crippen molar-refractivity contribution < 1.29 is 19.7 Å². The number of aliphatic hydroxyl groups is 2. The van der Waals surface area contributed by atoms with Gasteiger partial charge in [-0.3, -0.25) is 4.57 Å². The molecular weight excluding hydrogens is 264 g/mol. The lowest BCUT2D eigenvalue weighted by Crippen LogP contribution is -2.24. The van der Waals surface area contributed by atoms with Crippen LogP contribution in [-0.2, 0) is 4.74 Å². The molecule has 8 heteroatoms. The zero-order valence-corrected chi connectivity index (χ0v) is 11.0. The van der Waals surface area contributed by atoms with E-state index in [-0.39, 0.29) is 6.61 Å². The molecule has 108 valence electrons. The predicted octanol–water partition coefficient (Wildman–Crippen LogP) is -0.134. The first-order valence-corrected chi connectivity index (χ1v) is 6.49. The summed E-state index contributed by atoms with van der Waals surface area (Å²) in [5, 5.41) is 18.9. The minimum absolute atomic E-state index is 0.219. The zero-order chi connectivity index (χ0) is 14.1. The Morgan fingerprint density at radius 1 is 1.45 bits per heavy atom. The molecule has 1 saturated heterocycles. The summed E-state index contributed by atoms with van der Waals surface area (Å²) in [5.74, 6) is 0.425. The second-order valence-corrected chi connectivity index (χ2v) is 4.55. The molecular formula is C12H16N4O4. The van der Waals surface area contributed by atoms with E-state index in [1.54, 1.807) is 10.9 Å². The lowest BCUT2D eigenvalue weighted by atomic mass is 10.2. The fourth-order valence-electron chi connectivity index (χ4n) is 2.33. The highest BCUT2D eigenvalue weighted by Gasteiger charge is 2.35. The number of imidazole rings is 1. The van der Waals surface area contributed by atoms with Gasteiger partial charge >= 0.3 is 0 Å². The number of ether oxygens (including phenoxy) is 2. The number of hydrogen-bond acceptors (Lipinski definition) is 7. The van der Waals surface area contributed by atoms with Gasteiger partial charge in [0, 0.05) is 6.42 Å². The maximum atomic E-state index is 9.79. The number of rotatable bonds is 4. The van der Waals surface area contributed by atoms with Crippen LogP contribution in [0.4, 0.5) is 0 Å². The Morgan fingerprint density at radius 2 is 2.30 bits per heavy atom. The molecule has 20 heavy (non-hydrogen) atoms. The molecule has 1 aliphatic heterocycles. The number of nitrogens with zero attached hydrogens (tertiary/aromatic N) is 4. The lowest BCUT2D eigenvalue weighted by Gasteiger charge is -2.13. The first-order valence-electron chi connectivity index (χ1n) is 6.49. The number of fused-ring (bicyclic) bond motifs is 1. The molecule has 0 saturated carbocycles. The average molecular weight is 280 g/mol. The molecule has 1 unspecified atom stereocenters. The van der Waals surface area contributed by atoms with Gasteiger partial charge in [-0.15, -0.1) is 0 Å². The van der Waals surface area contributed by atoms with E-state index in [0.29, 0.717) is 30.1 Å². The molecule has 0 bridgehead atoms. The second kappa shape index (κ2) is 5.31. The van der Waals surface area contributed by atoms with Crippen LogP contribution >= 0.6 is 0 Å². The van der Waals surface area contributed by atoms with Gasteiger partial charge in [-0.25, -0.2) is 9.97 Å². The van der Waals surface area contributed by atoms with Crippen LogP contribution in [0.15, 0.2) is 12.7 Å². The quantitative estimate of drug-likeness (QED) is 0.803. The maximum absolute atomic E-state index is 9.79. The summed E-state index contributed by atoms with van der Waals surface area (Å²) in [6.45, 7) is 2.14. The van der Waals surface area contributed by atoms with Crippen molar-refractivity contribution in [2.24, 2.45) is 0 Å². The van der Waals surface area contributed by atoms with Crippen LogP contribution in [0, 0.1) is 0 Å². The van der Waals surface area contributed by atoms with Crippen LogP contribution in [0.3, 0.4) is 0 Å². The van der Waals surface area contributed by atoms with E-state index < -0.39 is 18.4 Å². The molecule has 0 aromatic carbocycles. The van der Waals surface area contributed by atoms with Crippen molar-refractivity contribution in [2.45, 2.75) is 31.8 Å². The highest BCUT2D eigenvalue weighted by Crippen LogP contribution is 2.31. The van der Waals surface area contributed by atoms with Gasteiger partial charge in [-0.1, -0.05) is 0 Å². The second-order valence-electron chi connectivity index (χ2n) is 4.55. The Labute approximate surface area is 115 Å². The fraction of sp³-hybridized carbons (Fsp3) is 0.583. The van der Waals surface area contributed by atoms with E-state index in [0.717, 1.165) is 0 Å². The van der Waals surface area contributed by atoms with Gasteiger partial charge in [-0.2, -0.15) is 4.98 Å². The third-order valence-corrected chi connectivity index (χ3v) is 3.30. The van der Waals surface area contributed by atoms with E-state index in [9.17, 15) is 5.11 Å². The standard InChI is InChI=1S/C12H16N4O4/c1-2-19-12-10-11(13-5-14-12)16(6-15-10)9-3-7(18)8(4-17)20-9/h5-9,17-18H,2-4H2,1H3/t7?,8-,9-/m1/s1. The fourth-order valence-corrected chi connectivity index (χ4v) is 2.33. The minimum atomic E-state index is -0.698. The third-order valence-electron chi connectivity index (χ3n) is 3.30. The van der Waals surface area contributed by atoms with Crippen molar-refractivity contribution in [1.29, 1.82) is 0 Å². The van der Waals surface area contributed by atoms with E-state index in [1.165, 1.54) is 6.33 Å². The first kappa shape index (κ1) is 13.2. The Morgan fingerprint density at radius 3 is 3.00 bits per heavy atom. The highest BCUT2D eigenvalue weighted by molar-refractivity contribution is 5.75. The van der Waals surface area contributed by atoms with Crippen molar-refractivity contribution in [3.05, 3.63) is 12.7 Å². The summed E-state index contributed by atoms with van der Waals surface area (Å²) in [5.41, 5.74) is 1.14. The molecule has 2 aromatic heterocycles. The van der Waals surface area contributed by atoms with Crippen LogP contribution in [-0.4, -0.2) is 55.2 Å². The Kier molecular flexibility index (Phi) is 3.51. The molecule has 3 atom stereocenters. The molecule has 1 fully saturated rings. The topological polar surface area (TPSA) is 103 Å². The van der Waals surface area contributed by atoms with E-state index in [2.05, 4.69) is 15.0 Å². The Balaban J connectivity index is 1.95. The molecule has 2 aromatic rings. The summed E-state index contributed by atoms with van der Waals surface area (Å²) < 4.78 is 12.7. The Bertz CT molecular complexity index is 602. The van der Waals surface area contributed by atoms with Crippen molar-refractivity contribution in [3.8, 4) is 5.88 Å². The van der Waals surface area contributed by atoms with Gasteiger partial charge in [0.05, 0.1) is 25.6 Å². The molecule has 2 N–H and O–H groups in total. The molecule has 0 aliphatic carbocycles. The van der Waals surface area contributed by atoms with Gasteiger partial charge in [0.15, 0.2) is 11.2 Å². The smallest absolute Gasteiger partial charge is 0.245 e. The maximum Gasteiger partial charge on any atom is 0.245 e. The number of aliphatic hydroxyl groups excluding tert-OH is 2. The predicted molar refractivity (Wildman–Crippen MR) is 68.1 cm³/mol. The summed E-state index contributed by atoms with van der Waals surface area (Å²) in [6.07, 6.45) is 1.68. The van der Waals surface area contributed by atoms with E-state index in [4.69, 9.17) is 14.6 Å². The molecule has 3 rings (SSSR count). The minimum Gasteiger partial charge on any atom is -0.476 e. The van der Waals surface area contributed by atoms with Crippen LogP contribution in [0.5, 0.6) is 5.88 Å². The number of hydrogen-bond donors (Lipinski definition) is 2. The highest BCUT2D eigenvalue weighted by atomic mass is 16.5. The van der Waals surface area contributed by atoms with Gasteiger partial charge < -0.3 is 19.7 Å². The molecule has 8 nitrogen and oxygen atoms in total. The first-order chi connectivity index (χ1) is 9.74. The van der Waals surface area contributed by atoms with Crippen molar-refractivity contribution in [2.75, 3.05) is 13.2 Å². The van der Waals surface area contributed by atoms with E-state index in [1.807, 2.05) is 6.92 Å². The average Bonchev–Trinajstić information content (AvgIpc) is 3.03. The molecule has 0 amide bonds. The van der Waals surface area contributed by atoms with Crippen LogP contribution in [0.1, 0.15) is 19.6 Å². The monoisotopic (exact) mass is 280 g/mol.